The van der Waals surface area contributed by atoms with Gasteiger partial charge in [-0.25, -0.2) is 0 Å². The highest BCUT2D eigenvalue weighted by molar-refractivity contribution is 5.94. The van der Waals surface area contributed by atoms with Crippen LogP contribution in [-0.2, 0) is 7.05 Å². The molecule has 1 amide bonds. The number of carbonyl (C=O) groups is 1. The van der Waals surface area contributed by atoms with E-state index < -0.39 is 0 Å². The first-order valence-corrected chi connectivity index (χ1v) is 7.39. The molecule has 7 nitrogen and oxygen atoms in total. The van der Waals surface area contributed by atoms with Crippen molar-refractivity contribution in [1.29, 1.82) is 0 Å². The molecular weight excluding hydrogens is 282 g/mol. The van der Waals surface area contributed by atoms with Crippen LogP contribution in [0.2, 0.25) is 0 Å². The van der Waals surface area contributed by atoms with Crippen LogP contribution in [-0.4, -0.2) is 57.1 Å². The van der Waals surface area contributed by atoms with Gasteiger partial charge in [-0.15, -0.1) is 0 Å². The third-order valence-electron chi connectivity index (χ3n) is 4.24. The molecule has 1 aliphatic heterocycles. The molecule has 3 heterocycles. The van der Waals surface area contributed by atoms with E-state index >= 15 is 0 Å². The highest BCUT2D eigenvalue weighted by Gasteiger charge is 2.33. The number of aromatic nitrogens is 3. The van der Waals surface area contributed by atoms with E-state index in [9.17, 15) is 4.79 Å². The second-order valence-corrected chi connectivity index (χ2v) is 5.89. The molecule has 1 atom stereocenters. The number of likely N-dealkylation sites (N-methyl/N-ethyl adjacent to an activating group) is 1. The summed E-state index contributed by atoms with van der Waals surface area (Å²) in [5.74, 6) is 1.24. The fourth-order valence-corrected chi connectivity index (χ4v) is 2.90. The van der Waals surface area contributed by atoms with Gasteiger partial charge in [0, 0.05) is 32.9 Å². The number of carbonyl (C=O) groups excluding carboxylic acids is 1. The topological polar surface area (TPSA) is 67.4 Å². The molecule has 1 fully saturated rings. The van der Waals surface area contributed by atoms with E-state index in [1.807, 2.05) is 42.7 Å². The average molecular weight is 303 g/mol. The van der Waals surface area contributed by atoms with Gasteiger partial charge in [-0.1, -0.05) is 5.16 Å². The molecule has 0 aromatic carbocycles. The van der Waals surface area contributed by atoms with Crippen molar-refractivity contribution < 1.29 is 9.32 Å². The first-order valence-electron chi connectivity index (χ1n) is 7.39. The van der Waals surface area contributed by atoms with Crippen molar-refractivity contribution in [2.75, 3.05) is 26.7 Å². The van der Waals surface area contributed by atoms with E-state index in [-0.39, 0.29) is 11.9 Å². The summed E-state index contributed by atoms with van der Waals surface area (Å²) in [5, 5.41) is 3.85. The Morgan fingerprint density at radius 2 is 2.09 bits per heavy atom. The van der Waals surface area contributed by atoms with Gasteiger partial charge in [0.2, 0.25) is 5.89 Å². The Balaban J connectivity index is 1.82. The largest absolute Gasteiger partial charge is 0.346 e. The zero-order chi connectivity index (χ0) is 15.9. The first kappa shape index (κ1) is 14.8. The van der Waals surface area contributed by atoms with Crippen LogP contribution in [0.4, 0.5) is 0 Å². The molecule has 3 rings (SSSR count). The lowest BCUT2D eigenvalue weighted by Gasteiger charge is -2.37. The fraction of sp³-hybridized carbons (Fsp3) is 0.533. The van der Waals surface area contributed by atoms with Crippen LogP contribution < -0.4 is 0 Å². The van der Waals surface area contributed by atoms with Crippen LogP contribution in [0.3, 0.4) is 0 Å². The molecule has 22 heavy (non-hydrogen) atoms. The van der Waals surface area contributed by atoms with E-state index in [2.05, 4.69) is 15.0 Å². The molecule has 0 spiro atoms. The molecule has 0 aliphatic carbocycles. The monoisotopic (exact) mass is 303 g/mol. The number of hydrogen-bond acceptors (Lipinski definition) is 5. The van der Waals surface area contributed by atoms with E-state index in [1.165, 1.54) is 0 Å². The standard InChI is InChI=1S/C15H21N5O2/c1-10-5-6-19(4)13(10)15(21)20-8-7-18(3)12(9-20)14-16-11(2)17-22-14/h5-6,12H,7-9H2,1-4H3/t12-/m0/s1. The van der Waals surface area contributed by atoms with Crippen LogP contribution in [0.15, 0.2) is 16.8 Å². The number of amides is 1. The van der Waals surface area contributed by atoms with E-state index in [4.69, 9.17) is 4.52 Å². The summed E-state index contributed by atoms with van der Waals surface area (Å²) in [6, 6.07) is 1.90. The third kappa shape index (κ3) is 2.52. The number of hydrogen-bond donors (Lipinski definition) is 0. The van der Waals surface area contributed by atoms with E-state index in [1.54, 1.807) is 6.92 Å². The van der Waals surface area contributed by atoms with Gasteiger partial charge in [-0.05, 0) is 32.5 Å². The minimum Gasteiger partial charge on any atom is -0.346 e. The van der Waals surface area contributed by atoms with Crippen molar-refractivity contribution in [3.05, 3.63) is 35.2 Å². The van der Waals surface area contributed by atoms with Crippen LogP contribution >= 0.6 is 0 Å². The Morgan fingerprint density at radius 1 is 1.32 bits per heavy atom. The van der Waals surface area contributed by atoms with Gasteiger partial charge in [-0.3, -0.25) is 9.69 Å². The molecule has 1 saturated heterocycles. The Bertz CT molecular complexity index is 670. The van der Waals surface area contributed by atoms with Crippen molar-refractivity contribution in [2.24, 2.45) is 7.05 Å². The van der Waals surface area contributed by atoms with Crippen molar-refractivity contribution in [2.45, 2.75) is 19.9 Å². The summed E-state index contributed by atoms with van der Waals surface area (Å²) in [6.45, 7) is 5.79. The molecule has 0 saturated carbocycles. The summed E-state index contributed by atoms with van der Waals surface area (Å²) >= 11 is 0. The number of rotatable bonds is 2. The van der Waals surface area contributed by atoms with Crippen molar-refractivity contribution in [3.63, 3.8) is 0 Å². The third-order valence-corrected chi connectivity index (χ3v) is 4.24. The predicted octanol–water partition coefficient (Wildman–Crippen LogP) is 1.15. The molecule has 0 unspecified atom stereocenters. The Kier molecular flexibility index (Phi) is 3.74. The van der Waals surface area contributed by atoms with Crippen LogP contribution in [0.5, 0.6) is 0 Å². The van der Waals surface area contributed by atoms with Gasteiger partial charge in [0.05, 0.1) is 0 Å². The second kappa shape index (κ2) is 5.57. The Morgan fingerprint density at radius 3 is 2.68 bits per heavy atom. The molecule has 118 valence electrons. The van der Waals surface area contributed by atoms with Gasteiger partial charge in [0.15, 0.2) is 5.82 Å². The zero-order valence-electron chi connectivity index (χ0n) is 13.4. The van der Waals surface area contributed by atoms with Gasteiger partial charge in [0.1, 0.15) is 11.7 Å². The van der Waals surface area contributed by atoms with Crippen LogP contribution in [0.1, 0.15) is 33.8 Å². The molecule has 2 aromatic rings. The first-order chi connectivity index (χ1) is 10.5. The maximum absolute atomic E-state index is 12.8. The summed E-state index contributed by atoms with van der Waals surface area (Å²) < 4.78 is 7.17. The summed E-state index contributed by atoms with van der Waals surface area (Å²) in [5.41, 5.74) is 1.74. The lowest BCUT2D eigenvalue weighted by atomic mass is 10.1. The Hall–Kier alpha value is -2.15. The number of aryl methyl sites for hydroxylation is 3. The molecule has 7 heteroatoms. The average Bonchev–Trinajstić information content (AvgIpc) is 3.05. The van der Waals surface area contributed by atoms with Gasteiger partial charge in [0.25, 0.3) is 5.91 Å². The zero-order valence-corrected chi connectivity index (χ0v) is 13.4. The number of piperazine rings is 1. The van der Waals surface area contributed by atoms with Crippen molar-refractivity contribution in [1.82, 2.24) is 24.5 Å². The Labute approximate surface area is 129 Å². The van der Waals surface area contributed by atoms with Crippen molar-refractivity contribution in [3.8, 4) is 0 Å². The summed E-state index contributed by atoms with van der Waals surface area (Å²) in [6.07, 6.45) is 1.91. The smallest absolute Gasteiger partial charge is 0.270 e. The molecule has 1 aliphatic rings. The molecule has 0 radical (unpaired) electrons. The molecule has 2 aromatic heterocycles. The minimum absolute atomic E-state index is 0.0549. The SMILES string of the molecule is Cc1noc([C@@H]2CN(C(=O)c3c(C)ccn3C)CCN2C)n1. The summed E-state index contributed by atoms with van der Waals surface area (Å²) in [7, 11) is 3.91. The lowest BCUT2D eigenvalue weighted by molar-refractivity contribution is 0.0480. The van der Waals surface area contributed by atoms with Crippen LogP contribution in [0.25, 0.3) is 0 Å². The van der Waals surface area contributed by atoms with Crippen molar-refractivity contribution >= 4 is 5.91 Å². The van der Waals surface area contributed by atoms with Crippen LogP contribution in [0, 0.1) is 13.8 Å². The molecular formula is C15H21N5O2. The molecule has 0 bridgehead atoms. The second-order valence-electron chi connectivity index (χ2n) is 5.89. The van der Waals surface area contributed by atoms with Gasteiger partial charge in [-0.2, -0.15) is 4.98 Å². The maximum atomic E-state index is 12.8. The highest BCUT2D eigenvalue weighted by atomic mass is 16.5. The fourth-order valence-electron chi connectivity index (χ4n) is 2.90. The van der Waals surface area contributed by atoms with E-state index in [0.717, 1.165) is 17.8 Å². The highest BCUT2D eigenvalue weighted by Crippen LogP contribution is 2.24. The number of nitrogens with zero attached hydrogens (tertiary/aromatic N) is 5. The predicted molar refractivity (Wildman–Crippen MR) is 80.5 cm³/mol. The lowest BCUT2D eigenvalue weighted by Crippen LogP contribution is -2.49. The quantitative estimate of drug-likeness (QED) is 0.832. The molecule has 0 N–H and O–H groups in total. The van der Waals surface area contributed by atoms with Gasteiger partial charge >= 0.3 is 0 Å². The normalized spacial score (nSPS) is 19.6. The summed E-state index contributed by atoms with van der Waals surface area (Å²) in [4.78, 5) is 21.1. The maximum Gasteiger partial charge on any atom is 0.270 e. The van der Waals surface area contributed by atoms with E-state index in [0.29, 0.717) is 24.8 Å². The minimum atomic E-state index is -0.0560. The van der Waals surface area contributed by atoms with Gasteiger partial charge < -0.3 is 14.0 Å².